The number of nitrogens with two attached hydrogens (primary N) is 1. The van der Waals surface area contributed by atoms with Crippen LogP contribution in [0, 0.1) is 5.92 Å². The highest BCUT2D eigenvalue weighted by Gasteiger charge is 2.33. The second-order valence-electron chi connectivity index (χ2n) is 9.96. The van der Waals surface area contributed by atoms with Crippen molar-refractivity contribution >= 4 is 23.4 Å². The van der Waals surface area contributed by atoms with Gasteiger partial charge in [-0.05, 0) is 67.8 Å². The molecule has 2 atom stereocenters. The zero-order valence-electron chi connectivity index (χ0n) is 23.9. The van der Waals surface area contributed by atoms with Gasteiger partial charge < -0.3 is 15.8 Å². The molecule has 1 aromatic heterocycles. The third kappa shape index (κ3) is 8.57. The van der Waals surface area contributed by atoms with Crippen molar-refractivity contribution in [3.05, 3.63) is 94.3 Å². The van der Waals surface area contributed by atoms with Crippen LogP contribution in [-0.4, -0.2) is 23.1 Å². The van der Waals surface area contributed by atoms with Gasteiger partial charge in [-0.1, -0.05) is 58.0 Å². The number of amidine groups is 1. The Bertz CT molecular complexity index is 1370. The van der Waals surface area contributed by atoms with Gasteiger partial charge in [0.25, 0.3) is 5.56 Å². The van der Waals surface area contributed by atoms with E-state index in [-0.39, 0.29) is 29.9 Å². The fraction of sp³-hybridized carbons (Fsp3) is 0.375. The monoisotopic (exact) mass is 568 g/mol. The van der Waals surface area contributed by atoms with Crippen LogP contribution >= 0.6 is 0 Å². The maximum atomic E-state index is 13.7. The van der Waals surface area contributed by atoms with Crippen molar-refractivity contribution in [2.24, 2.45) is 16.6 Å². The van der Waals surface area contributed by atoms with E-state index in [1.807, 2.05) is 38.1 Å². The number of aliphatic imine (C=N–C) groups is 1. The second kappa shape index (κ2) is 14.7. The molecular formula is C32H39F3N4O2. The minimum Gasteiger partial charge on any atom is -0.490 e. The van der Waals surface area contributed by atoms with Crippen LogP contribution in [0.2, 0.25) is 0 Å². The molecule has 0 aliphatic rings. The first-order valence-corrected chi connectivity index (χ1v) is 13.9. The zero-order valence-corrected chi connectivity index (χ0v) is 23.9. The molecule has 220 valence electrons. The van der Waals surface area contributed by atoms with E-state index >= 15 is 0 Å². The van der Waals surface area contributed by atoms with Crippen LogP contribution in [0.15, 0.2) is 77.0 Å². The number of pyridine rings is 1. The van der Waals surface area contributed by atoms with Crippen molar-refractivity contribution in [3.63, 3.8) is 0 Å². The number of halogens is 3. The van der Waals surface area contributed by atoms with Crippen molar-refractivity contribution in [2.75, 3.05) is 11.9 Å². The predicted octanol–water partition coefficient (Wildman–Crippen LogP) is 7.64. The van der Waals surface area contributed by atoms with Crippen LogP contribution in [0.3, 0.4) is 0 Å². The number of hydrogen-bond donors (Lipinski definition) is 2. The van der Waals surface area contributed by atoms with Crippen LogP contribution in [0.25, 0.3) is 6.08 Å². The molecular weight excluding hydrogens is 529 g/mol. The molecule has 0 saturated heterocycles. The van der Waals surface area contributed by atoms with Gasteiger partial charge in [-0.25, -0.2) is 4.99 Å². The minimum absolute atomic E-state index is 0.0237. The third-order valence-electron chi connectivity index (χ3n) is 6.89. The highest BCUT2D eigenvalue weighted by Crippen LogP contribution is 2.33. The Balaban J connectivity index is 2.01. The number of nitrogens with one attached hydrogen (secondary N) is 1. The van der Waals surface area contributed by atoms with Gasteiger partial charge in [-0.15, -0.1) is 0 Å². The Labute approximate surface area is 239 Å². The van der Waals surface area contributed by atoms with E-state index in [0.717, 1.165) is 43.2 Å². The topological polar surface area (TPSA) is 81.6 Å². The molecule has 41 heavy (non-hydrogen) atoms. The van der Waals surface area contributed by atoms with Crippen LogP contribution in [0.4, 0.5) is 24.7 Å². The molecule has 0 fully saturated rings. The molecule has 1 heterocycles. The molecule has 0 amide bonds. The van der Waals surface area contributed by atoms with E-state index in [1.54, 1.807) is 12.1 Å². The number of aromatic nitrogens is 1. The van der Waals surface area contributed by atoms with E-state index in [2.05, 4.69) is 18.8 Å². The average Bonchev–Trinajstić information content (AvgIpc) is 2.95. The maximum absolute atomic E-state index is 13.7. The Morgan fingerprint density at radius 1 is 1.10 bits per heavy atom. The number of nitrogens with zero attached hydrogens (tertiary/aromatic N) is 2. The molecule has 2 unspecified atom stereocenters. The van der Waals surface area contributed by atoms with Gasteiger partial charge in [0.05, 0.1) is 18.2 Å². The summed E-state index contributed by atoms with van der Waals surface area (Å²) in [6.07, 6.45) is 0.464. The molecule has 0 aliphatic carbocycles. The standard InChI is InChI=1S/C32H39F3N4O2/c1-5-10-26(19-20-36)41-27-16-14-25(15-17-27)37-30(22(4)6-2)38-31-23(7-3)13-18-29(40)39(31)21-24-11-8-9-12-28(24)32(33,34)35/h7-9,11-18,22,26H,3,5-6,10,19-21,36H2,1-2,4H3,(H,37,38). The van der Waals surface area contributed by atoms with Gasteiger partial charge in [0.1, 0.15) is 17.4 Å². The molecule has 3 N–H and O–H groups in total. The van der Waals surface area contributed by atoms with E-state index in [0.29, 0.717) is 17.9 Å². The van der Waals surface area contributed by atoms with Gasteiger partial charge in [-0.3, -0.25) is 9.36 Å². The third-order valence-corrected chi connectivity index (χ3v) is 6.89. The summed E-state index contributed by atoms with van der Waals surface area (Å²) in [6.45, 7) is 10.2. The predicted molar refractivity (Wildman–Crippen MR) is 161 cm³/mol. The van der Waals surface area contributed by atoms with Gasteiger partial charge in [0.15, 0.2) is 0 Å². The Morgan fingerprint density at radius 3 is 2.41 bits per heavy atom. The van der Waals surface area contributed by atoms with Crippen molar-refractivity contribution in [1.82, 2.24) is 4.57 Å². The van der Waals surface area contributed by atoms with E-state index in [1.165, 1.54) is 28.8 Å². The van der Waals surface area contributed by atoms with Crippen LogP contribution < -0.4 is 21.3 Å². The Kier molecular flexibility index (Phi) is 11.3. The van der Waals surface area contributed by atoms with Crippen LogP contribution in [0.5, 0.6) is 5.75 Å². The largest absolute Gasteiger partial charge is 0.490 e. The van der Waals surface area contributed by atoms with Crippen molar-refractivity contribution in [2.45, 2.75) is 65.3 Å². The first-order chi connectivity index (χ1) is 19.6. The Morgan fingerprint density at radius 2 is 1.80 bits per heavy atom. The summed E-state index contributed by atoms with van der Waals surface area (Å²) < 4.78 is 48.5. The highest BCUT2D eigenvalue weighted by molar-refractivity contribution is 5.98. The summed E-state index contributed by atoms with van der Waals surface area (Å²) in [5.41, 5.74) is 5.74. The minimum atomic E-state index is -4.56. The lowest BCUT2D eigenvalue weighted by Crippen LogP contribution is -2.25. The number of benzene rings is 2. The summed E-state index contributed by atoms with van der Waals surface area (Å²) >= 11 is 0. The Hall–Kier alpha value is -3.85. The molecule has 0 aliphatic heterocycles. The molecule has 3 aromatic rings. The van der Waals surface area contributed by atoms with Crippen LogP contribution in [0.1, 0.15) is 63.1 Å². The summed E-state index contributed by atoms with van der Waals surface area (Å²) in [5.74, 6) is 1.49. The SMILES string of the molecule is C=Cc1ccc(=O)n(Cc2ccccc2C(F)(F)F)c1N=C(Nc1ccc(OC(CCC)CCN)cc1)C(C)CC. The summed E-state index contributed by atoms with van der Waals surface area (Å²) in [7, 11) is 0. The maximum Gasteiger partial charge on any atom is 0.416 e. The van der Waals surface area contributed by atoms with Crippen molar-refractivity contribution in [3.8, 4) is 5.75 Å². The first kappa shape index (κ1) is 31.7. The summed E-state index contributed by atoms with van der Waals surface area (Å²) in [6, 6.07) is 15.6. The highest BCUT2D eigenvalue weighted by atomic mass is 19.4. The lowest BCUT2D eigenvalue weighted by Gasteiger charge is -2.20. The average molecular weight is 569 g/mol. The van der Waals surface area contributed by atoms with Gasteiger partial charge in [-0.2, -0.15) is 13.2 Å². The van der Waals surface area contributed by atoms with Crippen molar-refractivity contribution < 1.29 is 17.9 Å². The number of anilines is 1. The molecule has 0 radical (unpaired) electrons. The fourth-order valence-electron chi connectivity index (χ4n) is 4.42. The molecule has 0 bridgehead atoms. The van der Waals surface area contributed by atoms with E-state index < -0.39 is 17.3 Å². The zero-order chi connectivity index (χ0) is 30.0. The smallest absolute Gasteiger partial charge is 0.416 e. The number of hydrogen-bond acceptors (Lipinski definition) is 4. The summed E-state index contributed by atoms with van der Waals surface area (Å²) in [5, 5.41) is 3.35. The lowest BCUT2D eigenvalue weighted by molar-refractivity contribution is -0.138. The van der Waals surface area contributed by atoms with Crippen molar-refractivity contribution in [1.29, 1.82) is 0 Å². The molecule has 9 heteroatoms. The lowest BCUT2D eigenvalue weighted by atomic mass is 10.1. The van der Waals surface area contributed by atoms with Gasteiger partial charge >= 0.3 is 6.18 Å². The molecule has 6 nitrogen and oxygen atoms in total. The fourth-order valence-corrected chi connectivity index (χ4v) is 4.42. The second-order valence-corrected chi connectivity index (χ2v) is 9.96. The first-order valence-electron chi connectivity index (χ1n) is 13.9. The quantitative estimate of drug-likeness (QED) is 0.164. The van der Waals surface area contributed by atoms with E-state index in [9.17, 15) is 18.0 Å². The summed E-state index contributed by atoms with van der Waals surface area (Å²) in [4.78, 5) is 17.8. The molecule has 3 rings (SSSR count). The normalized spacial score (nSPS) is 13.5. The molecule has 0 saturated carbocycles. The number of rotatable bonds is 13. The van der Waals surface area contributed by atoms with Crippen LogP contribution in [-0.2, 0) is 12.7 Å². The van der Waals surface area contributed by atoms with E-state index in [4.69, 9.17) is 15.5 Å². The van der Waals surface area contributed by atoms with Gasteiger partial charge in [0, 0.05) is 23.2 Å². The van der Waals surface area contributed by atoms with Gasteiger partial charge in [0.2, 0.25) is 0 Å². The number of ether oxygens (including phenoxy) is 1. The molecule has 0 spiro atoms. The number of alkyl halides is 3. The molecule has 2 aromatic carbocycles.